The number of nitrogens with one attached hydrogen (secondary N) is 1. The maximum atomic E-state index is 11.6. The van der Waals surface area contributed by atoms with Crippen molar-refractivity contribution in [1.29, 1.82) is 0 Å². The predicted molar refractivity (Wildman–Crippen MR) is 68.2 cm³/mol. The molecule has 1 aromatic rings. The summed E-state index contributed by atoms with van der Waals surface area (Å²) in [5, 5.41) is 10.4. The van der Waals surface area contributed by atoms with Gasteiger partial charge in [0.25, 0.3) is 5.91 Å². The molecule has 6 heteroatoms. The van der Waals surface area contributed by atoms with Gasteiger partial charge in [0.15, 0.2) is 0 Å². The van der Waals surface area contributed by atoms with Gasteiger partial charge in [0.1, 0.15) is 0 Å². The molecular formula is C13H14N2O4. The van der Waals surface area contributed by atoms with Gasteiger partial charge in [0.2, 0.25) is 0 Å². The monoisotopic (exact) mass is 262 g/mol. The topological polar surface area (TPSA) is 86.7 Å². The number of carbonyl (C=O) groups is 3. The molecule has 0 fully saturated rings. The Morgan fingerprint density at radius 3 is 2.42 bits per heavy atom. The quantitative estimate of drug-likeness (QED) is 0.792. The van der Waals surface area contributed by atoms with Crippen LogP contribution in [0.1, 0.15) is 5.56 Å². The lowest BCUT2D eigenvalue weighted by molar-refractivity contribution is -0.131. The summed E-state index contributed by atoms with van der Waals surface area (Å²) >= 11 is 0. The molecule has 0 saturated carbocycles. The molecule has 0 aliphatic carbocycles. The Hall–Kier alpha value is -2.63. The lowest BCUT2D eigenvalue weighted by atomic mass is 10.2. The molecule has 6 nitrogen and oxygen atoms in total. The summed E-state index contributed by atoms with van der Waals surface area (Å²) in [4.78, 5) is 34.3. The molecule has 0 spiro atoms. The average molecular weight is 262 g/mol. The molecule has 1 rings (SSSR count). The molecule has 0 saturated heterocycles. The van der Waals surface area contributed by atoms with Crippen LogP contribution in [-0.4, -0.2) is 35.0 Å². The van der Waals surface area contributed by atoms with Crippen LogP contribution in [0.25, 0.3) is 0 Å². The highest BCUT2D eigenvalue weighted by molar-refractivity contribution is 6.02. The van der Waals surface area contributed by atoms with Gasteiger partial charge >= 0.3 is 12.0 Å². The number of carbonyl (C=O) groups excluding carboxylic acids is 2. The molecule has 0 heterocycles. The third-order valence-electron chi connectivity index (χ3n) is 2.22. The van der Waals surface area contributed by atoms with Crippen LogP contribution in [0.2, 0.25) is 0 Å². The van der Waals surface area contributed by atoms with Gasteiger partial charge in [-0.1, -0.05) is 30.3 Å². The SMILES string of the molecule is CN(Cc1ccccc1)C(=O)NC(=O)/C=C/C(=O)O. The molecule has 0 radical (unpaired) electrons. The number of urea groups is 1. The zero-order valence-electron chi connectivity index (χ0n) is 10.4. The van der Waals surface area contributed by atoms with Crippen molar-refractivity contribution in [3.05, 3.63) is 48.0 Å². The van der Waals surface area contributed by atoms with Gasteiger partial charge in [0.05, 0.1) is 0 Å². The van der Waals surface area contributed by atoms with Gasteiger partial charge in [-0.25, -0.2) is 9.59 Å². The number of nitrogens with zero attached hydrogens (tertiary/aromatic N) is 1. The summed E-state index contributed by atoms with van der Waals surface area (Å²) in [7, 11) is 1.54. The largest absolute Gasteiger partial charge is 0.478 e. The number of rotatable bonds is 4. The Bertz CT molecular complexity index is 497. The minimum absolute atomic E-state index is 0.350. The van der Waals surface area contributed by atoms with Crippen molar-refractivity contribution in [2.24, 2.45) is 0 Å². The van der Waals surface area contributed by atoms with Crippen molar-refractivity contribution in [3.63, 3.8) is 0 Å². The first-order chi connectivity index (χ1) is 8.99. The molecule has 100 valence electrons. The summed E-state index contributed by atoms with van der Waals surface area (Å²) in [6, 6.07) is 8.68. The van der Waals surface area contributed by atoms with Gasteiger partial charge in [0, 0.05) is 25.7 Å². The van der Waals surface area contributed by atoms with Crippen LogP contribution in [0.3, 0.4) is 0 Å². The van der Waals surface area contributed by atoms with Crippen LogP contribution in [0, 0.1) is 0 Å². The fraction of sp³-hybridized carbons (Fsp3) is 0.154. The van der Waals surface area contributed by atoms with E-state index < -0.39 is 17.9 Å². The van der Waals surface area contributed by atoms with E-state index in [0.717, 1.165) is 11.6 Å². The Kier molecular flexibility index (Phi) is 5.28. The third kappa shape index (κ3) is 5.49. The molecule has 0 atom stereocenters. The summed E-state index contributed by atoms with van der Waals surface area (Å²) < 4.78 is 0. The van der Waals surface area contributed by atoms with Gasteiger partial charge in [-0.3, -0.25) is 10.1 Å². The van der Waals surface area contributed by atoms with E-state index in [2.05, 4.69) is 5.32 Å². The molecule has 0 unspecified atom stereocenters. The number of hydrogen-bond donors (Lipinski definition) is 2. The van der Waals surface area contributed by atoms with Crippen molar-refractivity contribution in [3.8, 4) is 0 Å². The lowest BCUT2D eigenvalue weighted by Gasteiger charge is -2.16. The van der Waals surface area contributed by atoms with E-state index in [-0.39, 0.29) is 0 Å². The first-order valence-corrected chi connectivity index (χ1v) is 5.50. The number of benzene rings is 1. The molecule has 0 aromatic heterocycles. The third-order valence-corrected chi connectivity index (χ3v) is 2.22. The second-order valence-electron chi connectivity index (χ2n) is 3.81. The molecule has 2 N–H and O–H groups in total. The Morgan fingerprint density at radius 1 is 1.21 bits per heavy atom. The highest BCUT2D eigenvalue weighted by Crippen LogP contribution is 2.02. The summed E-state index contributed by atoms with van der Waals surface area (Å²) in [5.74, 6) is -2.02. The number of imide groups is 1. The zero-order valence-corrected chi connectivity index (χ0v) is 10.4. The van der Waals surface area contributed by atoms with Crippen LogP contribution in [0.5, 0.6) is 0 Å². The van der Waals surface area contributed by atoms with E-state index in [0.29, 0.717) is 12.6 Å². The first kappa shape index (κ1) is 14.4. The van der Waals surface area contributed by atoms with Crippen LogP contribution in [0.15, 0.2) is 42.5 Å². The van der Waals surface area contributed by atoms with Gasteiger partial charge in [-0.2, -0.15) is 0 Å². The Balaban J connectivity index is 2.49. The molecule has 19 heavy (non-hydrogen) atoms. The van der Waals surface area contributed by atoms with E-state index in [9.17, 15) is 14.4 Å². The van der Waals surface area contributed by atoms with Crippen molar-refractivity contribution in [2.45, 2.75) is 6.54 Å². The number of amides is 3. The lowest BCUT2D eigenvalue weighted by Crippen LogP contribution is -2.39. The molecule has 1 aromatic carbocycles. The van der Waals surface area contributed by atoms with Crippen LogP contribution >= 0.6 is 0 Å². The normalized spacial score (nSPS) is 10.2. The molecule has 3 amide bonds. The molecule has 0 bridgehead atoms. The number of hydrogen-bond acceptors (Lipinski definition) is 3. The predicted octanol–water partition coefficient (Wildman–Crippen LogP) is 0.995. The number of aliphatic carboxylic acids is 1. The number of carboxylic acids is 1. The van der Waals surface area contributed by atoms with E-state index in [4.69, 9.17) is 5.11 Å². The molecular weight excluding hydrogens is 248 g/mol. The van der Waals surface area contributed by atoms with Crippen LogP contribution in [0.4, 0.5) is 4.79 Å². The van der Waals surface area contributed by atoms with Crippen molar-refractivity contribution < 1.29 is 19.5 Å². The smallest absolute Gasteiger partial charge is 0.328 e. The van der Waals surface area contributed by atoms with Crippen molar-refractivity contribution >= 4 is 17.9 Å². The summed E-state index contributed by atoms with van der Waals surface area (Å²) in [5.41, 5.74) is 0.925. The van der Waals surface area contributed by atoms with E-state index in [1.165, 1.54) is 11.9 Å². The average Bonchev–Trinajstić information content (AvgIpc) is 2.37. The minimum Gasteiger partial charge on any atom is -0.478 e. The minimum atomic E-state index is -1.25. The Labute approximate surface area is 110 Å². The summed E-state index contributed by atoms with van der Waals surface area (Å²) in [6.07, 6.45) is 1.45. The first-order valence-electron chi connectivity index (χ1n) is 5.50. The highest BCUT2D eigenvalue weighted by atomic mass is 16.4. The summed E-state index contributed by atoms with van der Waals surface area (Å²) in [6.45, 7) is 0.350. The van der Waals surface area contributed by atoms with Gasteiger partial charge in [-0.15, -0.1) is 0 Å². The fourth-order valence-electron chi connectivity index (χ4n) is 1.32. The number of carboxylic acid groups (broad SMARTS) is 1. The van der Waals surface area contributed by atoms with E-state index in [1.807, 2.05) is 30.3 Å². The Morgan fingerprint density at radius 2 is 1.84 bits per heavy atom. The van der Waals surface area contributed by atoms with E-state index >= 15 is 0 Å². The zero-order chi connectivity index (χ0) is 14.3. The van der Waals surface area contributed by atoms with Crippen molar-refractivity contribution in [2.75, 3.05) is 7.05 Å². The second kappa shape index (κ2) is 6.95. The fourth-order valence-corrected chi connectivity index (χ4v) is 1.32. The van der Waals surface area contributed by atoms with Gasteiger partial charge in [-0.05, 0) is 5.56 Å². The standard InChI is InChI=1S/C13H14N2O4/c1-15(9-10-5-3-2-4-6-10)13(19)14-11(16)7-8-12(17)18/h2-8H,9H2,1H3,(H,17,18)(H,14,16,19)/b8-7+. The maximum Gasteiger partial charge on any atom is 0.328 e. The van der Waals surface area contributed by atoms with Gasteiger partial charge < -0.3 is 10.0 Å². The second-order valence-corrected chi connectivity index (χ2v) is 3.81. The van der Waals surface area contributed by atoms with Crippen LogP contribution in [-0.2, 0) is 16.1 Å². The maximum absolute atomic E-state index is 11.6. The van der Waals surface area contributed by atoms with Crippen LogP contribution < -0.4 is 5.32 Å². The highest BCUT2D eigenvalue weighted by Gasteiger charge is 2.11. The molecule has 0 aliphatic rings. The van der Waals surface area contributed by atoms with E-state index in [1.54, 1.807) is 0 Å². The van der Waals surface area contributed by atoms with Crippen molar-refractivity contribution in [1.82, 2.24) is 10.2 Å². The molecule has 0 aliphatic heterocycles.